The molecule has 0 heterocycles. The molecule has 3 nitrogen and oxygen atoms in total. The number of benzene rings is 1. The first kappa shape index (κ1) is 12.2. The van der Waals surface area contributed by atoms with Crippen molar-refractivity contribution in [2.75, 3.05) is 14.2 Å². The number of halogens is 1. The van der Waals surface area contributed by atoms with Crippen molar-refractivity contribution in [1.82, 2.24) is 4.31 Å². The Balaban J connectivity index is 2.47. The molecule has 6 heteroatoms. The normalized spacial score (nSPS) is 9.80. The highest BCUT2D eigenvalue weighted by Crippen LogP contribution is 2.33. The van der Waals surface area contributed by atoms with E-state index in [1.807, 2.05) is 12.1 Å². The molecule has 0 saturated heterocycles. The van der Waals surface area contributed by atoms with Crippen LogP contribution in [0.3, 0.4) is 0 Å². The van der Waals surface area contributed by atoms with Gasteiger partial charge in [0.15, 0.2) is 0 Å². The predicted octanol–water partition coefficient (Wildman–Crippen LogP) is 3.37. The minimum Gasteiger partial charge on any atom is -0.497 e. The Morgan fingerprint density at radius 1 is 1.40 bits per heavy atom. The minimum atomic E-state index is -1.46. The van der Waals surface area contributed by atoms with Gasteiger partial charge in [-0.1, -0.05) is 0 Å². The lowest BCUT2D eigenvalue weighted by atomic mass is 10.3. The fourth-order valence-electron chi connectivity index (χ4n) is 0.760. The van der Waals surface area contributed by atoms with E-state index in [0.717, 1.165) is 25.9 Å². The monoisotopic (exact) mass is 247 g/mol. The molecule has 82 valence electrons. The van der Waals surface area contributed by atoms with Crippen molar-refractivity contribution < 1.29 is 13.9 Å². The third kappa shape index (κ3) is 4.01. The zero-order valence-electron chi connectivity index (χ0n) is 8.27. The average molecular weight is 247 g/mol. The van der Waals surface area contributed by atoms with Gasteiger partial charge in [0.05, 0.1) is 7.11 Å². The fraction of sp³-hybridized carbons (Fsp3) is 0.222. The summed E-state index contributed by atoms with van der Waals surface area (Å²) in [6.45, 7) is 0. The van der Waals surface area contributed by atoms with Gasteiger partial charge in [-0.3, -0.25) is 4.31 Å². The maximum atomic E-state index is 12.1. The summed E-state index contributed by atoms with van der Waals surface area (Å²) in [4.78, 5) is 11.2. The van der Waals surface area contributed by atoms with Gasteiger partial charge in [0, 0.05) is 22.9 Å². The molecule has 1 rings (SSSR count). The number of carbonyl (C=O) groups is 1. The molecule has 0 fully saturated rings. The largest absolute Gasteiger partial charge is 0.497 e. The summed E-state index contributed by atoms with van der Waals surface area (Å²) in [5.74, 6) is 0.763. The van der Waals surface area contributed by atoms with Crippen LogP contribution in [-0.4, -0.2) is 24.6 Å². The lowest BCUT2D eigenvalue weighted by Crippen LogP contribution is -2.10. The number of amides is 1. The Hall–Kier alpha value is -0.880. The van der Waals surface area contributed by atoms with Crippen LogP contribution in [-0.2, 0) is 0 Å². The number of ether oxygens (including phenoxy) is 1. The highest BCUT2D eigenvalue weighted by atomic mass is 33.1. The predicted molar refractivity (Wildman–Crippen MR) is 60.7 cm³/mol. The lowest BCUT2D eigenvalue weighted by molar-refractivity contribution is 0.210. The van der Waals surface area contributed by atoms with E-state index < -0.39 is 6.16 Å². The summed E-state index contributed by atoms with van der Waals surface area (Å²) >= 11 is 0. The first-order chi connectivity index (χ1) is 7.13. The summed E-state index contributed by atoms with van der Waals surface area (Å²) < 4.78 is 18.1. The molecule has 0 aliphatic carbocycles. The molecule has 0 N–H and O–H groups in total. The Bertz CT molecular complexity index is 331. The molecule has 15 heavy (non-hydrogen) atoms. The summed E-state index contributed by atoms with van der Waals surface area (Å²) in [7, 11) is 5.31. The van der Waals surface area contributed by atoms with Crippen molar-refractivity contribution in [3.63, 3.8) is 0 Å². The van der Waals surface area contributed by atoms with Crippen molar-refractivity contribution in [2.45, 2.75) is 4.90 Å². The molecule has 0 spiro atoms. The van der Waals surface area contributed by atoms with Gasteiger partial charge < -0.3 is 4.74 Å². The van der Waals surface area contributed by atoms with E-state index in [2.05, 4.69) is 0 Å². The summed E-state index contributed by atoms with van der Waals surface area (Å²) in [5, 5.41) is 0. The second-order valence-electron chi connectivity index (χ2n) is 2.58. The second-order valence-corrected chi connectivity index (χ2v) is 4.87. The molecule has 0 aliphatic heterocycles. The number of nitrogens with zero attached hydrogens (tertiary/aromatic N) is 1. The van der Waals surface area contributed by atoms with E-state index in [1.54, 1.807) is 19.2 Å². The number of hydrogen-bond donors (Lipinski definition) is 0. The van der Waals surface area contributed by atoms with Crippen molar-refractivity contribution >= 4 is 27.9 Å². The molecule has 0 aromatic heterocycles. The molecule has 1 aromatic rings. The maximum absolute atomic E-state index is 12.1. The Kier molecular flexibility index (Phi) is 4.77. The topological polar surface area (TPSA) is 29.5 Å². The summed E-state index contributed by atoms with van der Waals surface area (Å²) in [5.41, 5.74) is 0. The van der Waals surface area contributed by atoms with Crippen LogP contribution in [0, 0.1) is 0 Å². The van der Waals surface area contributed by atoms with Crippen LogP contribution >= 0.6 is 21.8 Å². The molecule has 0 atom stereocenters. The van der Waals surface area contributed by atoms with E-state index in [0.29, 0.717) is 0 Å². The molecular formula is C9H10FNO2S2. The molecular weight excluding hydrogens is 237 g/mol. The van der Waals surface area contributed by atoms with Crippen molar-refractivity contribution in [1.29, 1.82) is 0 Å². The maximum Gasteiger partial charge on any atom is 0.410 e. The molecule has 0 saturated carbocycles. The number of rotatable bonds is 4. The lowest BCUT2D eigenvalue weighted by Gasteiger charge is -2.09. The van der Waals surface area contributed by atoms with Gasteiger partial charge in [-0.25, -0.2) is 4.79 Å². The van der Waals surface area contributed by atoms with E-state index in [1.165, 1.54) is 17.8 Å². The van der Waals surface area contributed by atoms with Crippen LogP contribution in [0.2, 0.25) is 0 Å². The highest BCUT2D eigenvalue weighted by molar-refractivity contribution is 8.75. The molecule has 1 amide bonds. The quantitative estimate of drug-likeness (QED) is 0.353. The van der Waals surface area contributed by atoms with E-state index in [-0.39, 0.29) is 0 Å². The first-order valence-corrected chi connectivity index (χ1v) is 6.16. The van der Waals surface area contributed by atoms with E-state index >= 15 is 0 Å². The standard InChI is InChI=1S/C9H10FNO2S2/c1-11(9(10)12)15-14-8-5-3-7(13-2)4-6-8/h3-6H,1-2H3. The van der Waals surface area contributed by atoms with Gasteiger partial charge in [0.2, 0.25) is 0 Å². The highest BCUT2D eigenvalue weighted by Gasteiger charge is 2.07. The van der Waals surface area contributed by atoms with Crippen LogP contribution in [0.4, 0.5) is 9.18 Å². The zero-order valence-corrected chi connectivity index (χ0v) is 9.90. The summed E-state index contributed by atoms with van der Waals surface area (Å²) in [6.07, 6.45) is -1.46. The fourth-order valence-corrected chi connectivity index (χ4v) is 2.37. The van der Waals surface area contributed by atoms with Crippen molar-refractivity contribution in [2.24, 2.45) is 0 Å². The SMILES string of the molecule is COc1ccc(SSN(C)C(=O)F)cc1. The molecule has 0 radical (unpaired) electrons. The molecule has 1 aromatic carbocycles. The molecule has 0 aliphatic rings. The van der Waals surface area contributed by atoms with E-state index in [4.69, 9.17) is 4.74 Å². The number of methoxy groups -OCH3 is 1. The van der Waals surface area contributed by atoms with Crippen LogP contribution in [0.15, 0.2) is 29.2 Å². The molecule has 0 bridgehead atoms. The summed E-state index contributed by atoms with van der Waals surface area (Å²) in [6, 6.07) is 7.29. The van der Waals surface area contributed by atoms with Crippen LogP contribution < -0.4 is 4.74 Å². The average Bonchev–Trinajstić information content (AvgIpc) is 2.26. The number of carbonyl (C=O) groups excluding carboxylic acids is 1. The van der Waals surface area contributed by atoms with Gasteiger partial charge in [-0.15, -0.1) is 4.39 Å². The van der Waals surface area contributed by atoms with Gasteiger partial charge in [-0.05, 0) is 35.1 Å². The van der Waals surface area contributed by atoms with Gasteiger partial charge in [0.1, 0.15) is 5.75 Å². The van der Waals surface area contributed by atoms with Crippen LogP contribution in [0.25, 0.3) is 0 Å². The second kappa shape index (κ2) is 5.87. The van der Waals surface area contributed by atoms with Gasteiger partial charge in [0.25, 0.3) is 0 Å². The van der Waals surface area contributed by atoms with Gasteiger partial charge >= 0.3 is 6.16 Å². The van der Waals surface area contributed by atoms with Crippen molar-refractivity contribution in [3.8, 4) is 5.75 Å². The van der Waals surface area contributed by atoms with Crippen LogP contribution in [0.5, 0.6) is 5.75 Å². The minimum absolute atomic E-state index is 0.763. The van der Waals surface area contributed by atoms with E-state index in [9.17, 15) is 9.18 Å². The van der Waals surface area contributed by atoms with Crippen molar-refractivity contribution in [3.05, 3.63) is 24.3 Å². The Morgan fingerprint density at radius 3 is 2.47 bits per heavy atom. The smallest absolute Gasteiger partial charge is 0.410 e. The van der Waals surface area contributed by atoms with Crippen LogP contribution in [0.1, 0.15) is 0 Å². The molecule has 0 unspecified atom stereocenters. The third-order valence-electron chi connectivity index (χ3n) is 1.55. The number of hydrogen-bond acceptors (Lipinski definition) is 4. The zero-order chi connectivity index (χ0) is 11.3. The Morgan fingerprint density at radius 2 is 2.00 bits per heavy atom. The van der Waals surface area contributed by atoms with Gasteiger partial charge in [-0.2, -0.15) is 0 Å². The Labute approximate surface area is 95.5 Å². The first-order valence-electron chi connectivity index (χ1n) is 4.05. The third-order valence-corrected chi connectivity index (χ3v) is 3.93.